The second-order valence-electron chi connectivity index (χ2n) is 6.88. The quantitative estimate of drug-likeness (QED) is 0.148. The van der Waals surface area contributed by atoms with Gasteiger partial charge >= 0.3 is 0 Å². The summed E-state index contributed by atoms with van der Waals surface area (Å²) in [6.45, 7) is 3.19. The minimum atomic E-state index is -0.424. The molecule has 0 bridgehead atoms. The molecule has 0 spiro atoms. The van der Waals surface area contributed by atoms with Gasteiger partial charge in [0.15, 0.2) is 11.5 Å². The Kier molecular flexibility index (Phi) is 8.87. The van der Waals surface area contributed by atoms with Crippen LogP contribution in [-0.2, 0) is 13.2 Å². The third-order valence-electron chi connectivity index (χ3n) is 4.63. The Hall–Kier alpha value is -3.34. The van der Waals surface area contributed by atoms with Crippen molar-refractivity contribution in [1.29, 1.82) is 0 Å². The van der Waals surface area contributed by atoms with E-state index in [9.17, 15) is 10.1 Å². The van der Waals surface area contributed by atoms with Crippen molar-refractivity contribution in [2.45, 2.75) is 20.1 Å². The summed E-state index contributed by atoms with van der Waals surface area (Å²) in [6.07, 6.45) is 1.72. The molecule has 0 aliphatic rings. The summed E-state index contributed by atoms with van der Waals surface area (Å²) in [6, 6.07) is 17.9. The number of halogens is 1. The zero-order valence-corrected chi connectivity index (χ0v) is 20.4. The minimum absolute atomic E-state index is 0.0475. The lowest BCUT2D eigenvalue weighted by atomic mass is 10.2. The van der Waals surface area contributed by atoms with Crippen LogP contribution in [-0.4, -0.2) is 24.9 Å². The maximum Gasteiger partial charge on any atom is 0.269 e. The average Bonchev–Trinajstić information content (AvgIpc) is 2.82. The van der Waals surface area contributed by atoms with Crippen LogP contribution in [0.3, 0.4) is 0 Å². The smallest absolute Gasteiger partial charge is 0.269 e. The van der Waals surface area contributed by atoms with Crippen LogP contribution in [0.25, 0.3) is 0 Å². The van der Waals surface area contributed by atoms with Crippen molar-refractivity contribution in [2.75, 3.05) is 13.7 Å². The van der Waals surface area contributed by atoms with Crippen LogP contribution >= 0.6 is 22.6 Å². The van der Waals surface area contributed by atoms with E-state index in [1.54, 1.807) is 25.5 Å². The fourth-order valence-corrected chi connectivity index (χ4v) is 3.82. The van der Waals surface area contributed by atoms with Crippen LogP contribution in [0.15, 0.2) is 65.8 Å². The van der Waals surface area contributed by atoms with E-state index in [2.05, 4.69) is 33.1 Å². The van der Waals surface area contributed by atoms with Crippen molar-refractivity contribution in [1.82, 2.24) is 5.43 Å². The van der Waals surface area contributed by atoms with Crippen molar-refractivity contribution in [3.63, 3.8) is 0 Å². The largest absolute Gasteiger partial charge is 0.496 e. The van der Waals surface area contributed by atoms with Crippen LogP contribution in [0.2, 0.25) is 0 Å². The number of nitro benzene ring substituents is 1. The van der Waals surface area contributed by atoms with Gasteiger partial charge in [-0.2, -0.15) is 5.10 Å². The summed E-state index contributed by atoms with van der Waals surface area (Å²) in [4.78, 5) is 10.4. The lowest BCUT2D eigenvalue weighted by Gasteiger charge is -2.15. The number of hydrogen-bond donors (Lipinski definition) is 1. The van der Waals surface area contributed by atoms with Gasteiger partial charge in [0.25, 0.3) is 5.69 Å². The first-order valence-electron chi connectivity index (χ1n) is 10.2. The Morgan fingerprint density at radius 3 is 2.55 bits per heavy atom. The van der Waals surface area contributed by atoms with E-state index in [0.717, 1.165) is 26.0 Å². The molecule has 8 nitrogen and oxygen atoms in total. The molecule has 0 fully saturated rings. The number of non-ortho nitro benzene ring substituents is 1. The molecular formula is C24H24IN3O5. The van der Waals surface area contributed by atoms with Gasteiger partial charge in [-0.3, -0.25) is 10.1 Å². The first kappa shape index (κ1) is 24.3. The highest BCUT2D eigenvalue weighted by Gasteiger charge is 2.13. The lowest BCUT2D eigenvalue weighted by molar-refractivity contribution is -0.384. The third-order valence-corrected chi connectivity index (χ3v) is 5.43. The Bertz CT molecular complexity index is 1120. The van der Waals surface area contributed by atoms with Gasteiger partial charge in [-0.25, -0.2) is 0 Å². The number of methoxy groups -OCH3 is 1. The van der Waals surface area contributed by atoms with E-state index in [4.69, 9.17) is 14.2 Å². The molecule has 9 heteroatoms. The predicted octanol–water partition coefficient (Wildman–Crippen LogP) is 5.31. The van der Waals surface area contributed by atoms with Crippen LogP contribution in [0.4, 0.5) is 5.69 Å². The maximum atomic E-state index is 10.8. The average molecular weight is 561 g/mol. The highest BCUT2D eigenvalue weighted by atomic mass is 127. The number of benzene rings is 3. The zero-order chi connectivity index (χ0) is 23.6. The van der Waals surface area contributed by atoms with E-state index in [1.165, 1.54) is 12.1 Å². The third kappa shape index (κ3) is 6.82. The molecule has 0 aliphatic carbocycles. The monoisotopic (exact) mass is 561 g/mol. The Morgan fingerprint density at radius 1 is 1.09 bits per heavy atom. The molecule has 0 saturated carbocycles. The molecule has 0 aliphatic heterocycles. The summed E-state index contributed by atoms with van der Waals surface area (Å²) >= 11 is 2.19. The number of hydrazone groups is 1. The van der Waals surface area contributed by atoms with Crippen molar-refractivity contribution in [3.05, 3.63) is 91.0 Å². The summed E-state index contributed by atoms with van der Waals surface area (Å²) < 4.78 is 18.0. The SMILES string of the molecule is CCOc1cc(/C=N\NCc2ccccc2OC)cc(I)c1OCc1ccc([N+](=O)[O-])cc1. The number of hydrogen-bond acceptors (Lipinski definition) is 7. The van der Waals surface area contributed by atoms with Gasteiger partial charge in [-0.15, -0.1) is 0 Å². The maximum absolute atomic E-state index is 10.8. The fraction of sp³-hybridized carbons (Fsp3) is 0.208. The molecule has 0 radical (unpaired) electrons. The number of para-hydroxylation sites is 1. The number of rotatable bonds is 11. The molecule has 3 rings (SSSR count). The highest BCUT2D eigenvalue weighted by Crippen LogP contribution is 2.34. The molecule has 0 aromatic heterocycles. The van der Waals surface area contributed by atoms with Gasteiger partial charge in [0, 0.05) is 17.7 Å². The Balaban J connectivity index is 1.68. The number of ether oxygens (including phenoxy) is 3. The van der Waals surface area contributed by atoms with Gasteiger partial charge in [-0.1, -0.05) is 18.2 Å². The molecule has 3 aromatic carbocycles. The Labute approximate surface area is 205 Å². The molecule has 0 amide bonds. The minimum Gasteiger partial charge on any atom is -0.496 e. The predicted molar refractivity (Wildman–Crippen MR) is 135 cm³/mol. The van der Waals surface area contributed by atoms with E-state index in [-0.39, 0.29) is 12.3 Å². The van der Waals surface area contributed by atoms with Crippen LogP contribution < -0.4 is 19.6 Å². The normalized spacial score (nSPS) is 10.8. The van der Waals surface area contributed by atoms with Crippen LogP contribution in [0.1, 0.15) is 23.6 Å². The van der Waals surface area contributed by atoms with E-state index in [1.807, 2.05) is 43.3 Å². The molecule has 0 unspecified atom stereocenters. The Morgan fingerprint density at radius 2 is 1.85 bits per heavy atom. The second kappa shape index (κ2) is 12.0. The zero-order valence-electron chi connectivity index (χ0n) is 18.3. The highest BCUT2D eigenvalue weighted by molar-refractivity contribution is 14.1. The van der Waals surface area contributed by atoms with Crippen molar-refractivity contribution in [3.8, 4) is 17.2 Å². The van der Waals surface area contributed by atoms with E-state index < -0.39 is 4.92 Å². The summed E-state index contributed by atoms with van der Waals surface area (Å²) in [5.74, 6) is 2.04. The number of nitrogens with zero attached hydrogens (tertiary/aromatic N) is 2. The van der Waals surface area contributed by atoms with E-state index in [0.29, 0.717) is 24.7 Å². The molecule has 172 valence electrons. The van der Waals surface area contributed by atoms with Gasteiger partial charge < -0.3 is 19.6 Å². The molecule has 33 heavy (non-hydrogen) atoms. The van der Waals surface area contributed by atoms with Crippen LogP contribution in [0.5, 0.6) is 17.2 Å². The molecule has 1 N–H and O–H groups in total. The lowest BCUT2D eigenvalue weighted by Crippen LogP contribution is -2.07. The molecule has 0 saturated heterocycles. The molecule has 0 atom stereocenters. The first-order chi connectivity index (χ1) is 16.0. The first-order valence-corrected chi connectivity index (χ1v) is 11.3. The number of nitro groups is 1. The second-order valence-corrected chi connectivity index (χ2v) is 8.04. The van der Waals surface area contributed by atoms with Crippen LogP contribution in [0, 0.1) is 13.7 Å². The molecule has 3 aromatic rings. The topological polar surface area (TPSA) is 95.2 Å². The fourth-order valence-electron chi connectivity index (χ4n) is 3.03. The number of nitrogens with one attached hydrogen (secondary N) is 1. The molecular weight excluding hydrogens is 537 g/mol. The van der Waals surface area contributed by atoms with Crippen molar-refractivity contribution >= 4 is 34.5 Å². The van der Waals surface area contributed by atoms with Crippen molar-refractivity contribution in [2.24, 2.45) is 5.10 Å². The van der Waals surface area contributed by atoms with Gasteiger partial charge in [0.1, 0.15) is 12.4 Å². The van der Waals surface area contributed by atoms with Crippen molar-refractivity contribution < 1.29 is 19.1 Å². The summed E-state index contributed by atoms with van der Waals surface area (Å²) in [7, 11) is 1.64. The van der Waals surface area contributed by atoms with Gasteiger partial charge in [0.05, 0.1) is 35.0 Å². The molecule has 0 heterocycles. The van der Waals surface area contributed by atoms with E-state index >= 15 is 0 Å². The summed E-state index contributed by atoms with van der Waals surface area (Å²) in [5, 5.41) is 15.1. The van der Waals surface area contributed by atoms with Gasteiger partial charge in [0.2, 0.25) is 0 Å². The standard InChI is InChI=1S/C24H24IN3O5/c1-3-32-23-13-18(14-26-27-15-19-6-4-5-7-22(19)31-2)12-21(25)24(23)33-16-17-8-10-20(11-9-17)28(29)30/h4-14,27H,3,15-16H2,1-2H3/b26-14-. The summed E-state index contributed by atoms with van der Waals surface area (Å²) in [5.41, 5.74) is 5.78. The van der Waals surface area contributed by atoms with Gasteiger partial charge in [-0.05, 0) is 71.0 Å².